The minimum absolute atomic E-state index is 0.00617. The van der Waals surface area contributed by atoms with Gasteiger partial charge in [-0.1, -0.05) is 42.0 Å². The Labute approximate surface area is 207 Å². The number of hydrogen-bond acceptors (Lipinski definition) is 4. The summed E-state index contributed by atoms with van der Waals surface area (Å²) in [5.41, 5.74) is 6.77. The van der Waals surface area contributed by atoms with Gasteiger partial charge in [0.1, 0.15) is 5.75 Å². The molecule has 0 fully saturated rings. The number of aryl methyl sites for hydroxylation is 2. The van der Waals surface area contributed by atoms with Crippen LogP contribution in [0.2, 0.25) is 0 Å². The van der Waals surface area contributed by atoms with Crippen molar-refractivity contribution in [3.63, 3.8) is 0 Å². The number of pyridine rings is 1. The Hall–Kier alpha value is -3.70. The maximum atomic E-state index is 13.6. The van der Waals surface area contributed by atoms with Gasteiger partial charge < -0.3 is 14.4 Å². The Morgan fingerprint density at radius 2 is 1.71 bits per heavy atom. The van der Waals surface area contributed by atoms with E-state index in [1.54, 1.807) is 14.2 Å². The summed E-state index contributed by atoms with van der Waals surface area (Å²) in [6.07, 6.45) is 0.756. The van der Waals surface area contributed by atoms with E-state index >= 15 is 0 Å². The molecule has 5 heteroatoms. The third kappa shape index (κ3) is 5.69. The van der Waals surface area contributed by atoms with Gasteiger partial charge in [0, 0.05) is 49.4 Å². The highest BCUT2D eigenvalue weighted by molar-refractivity contribution is 5.94. The van der Waals surface area contributed by atoms with Crippen LogP contribution in [-0.2, 0) is 11.3 Å². The fourth-order valence-corrected chi connectivity index (χ4v) is 4.25. The number of fused-ring (bicyclic) bond motifs is 1. The lowest BCUT2D eigenvalue weighted by Crippen LogP contribution is -2.32. The van der Waals surface area contributed by atoms with Crippen molar-refractivity contribution in [1.82, 2.24) is 9.88 Å². The lowest BCUT2D eigenvalue weighted by atomic mass is 9.98. The molecule has 0 atom stereocenters. The number of benzene rings is 3. The average molecular weight is 469 g/mol. The van der Waals surface area contributed by atoms with Gasteiger partial charge in [-0.3, -0.25) is 4.79 Å². The quantitative estimate of drug-likeness (QED) is 0.274. The zero-order valence-electron chi connectivity index (χ0n) is 20.9. The Bertz CT molecular complexity index is 1320. The molecule has 0 radical (unpaired) electrons. The van der Waals surface area contributed by atoms with E-state index in [2.05, 4.69) is 25.1 Å². The topological polar surface area (TPSA) is 51.7 Å². The normalized spacial score (nSPS) is 11.0. The molecule has 35 heavy (non-hydrogen) atoms. The largest absolute Gasteiger partial charge is 0.497 e. The summed E-state index contributed by atoms with van der Waals surface area (Å²) in [5.74, 6) is 0.774. The van der Waals surface area contributed by atoms with E-state index in [0.29, 0.717) is 25.3 Å². The Balaban J connectivity index is 1.79. The molecule has 0 unspecified atom stereocenters. The highest BCUT2D eigenvalue weighted by atomic mass is 16.5. The predicted molar refractivity (Wildman–Crippen MR) is 141 cm³/mol. The van der Waals surface area contributed by atoms with Crippen LogP contribution in [0.3, 0.4) is 0 Å². The van der Waals surface area contributed by atoms with Crippen LogP contribution >= 0.6 is 0 Å². The van der Waals surface area contributed by atoms with E-state index in [1.807, 2.05) is 66.4 Å². The summed E-state index contributed by atoms with van der Waals surface area (Å²) >= 11 is 0. The van der Waals surface area contributed by atoms with Crippen LogP contribution in [-0.4, -0.2) is 43.2 Å². The van der Waals surface area contributed by atoms with E-state index in [4.69, 9.17) is 14.5 Å². The third-order valence-electron chi connectivity index (χ3n) is 6.23. The van der Waals surface area contributed by atoms with Gasteiger partial charge in [-0.15, -0.1) is 0 Å². The number of methoxy groups -OCH3 is 2. The summed E-state index contributed by atoms with van der Waals surface area (Å²) in [6.45, 7) is 5.75. The first-order valence-electron chi connectivity index (χ1n) is 11.9. The number of carbonyl (C=O) groups is 1. The molecule has 1 aromatic heterocycles. The molecular formula is C30H32N2O3. The molecule has 0 aliphatic rings. The average Bonchev–Trinajstić information content (AvgIpc) is 2.88. The number of carbonyl (C=O) groups excluding carboxylic acids is 1. The second kappa shape index (κ2) is 11.2. The summed E-state index contributed by atoms with van der Waals surface area (Å²) in [6, 6.07) is 24.0. The Morgan fingerprint density at radius 1 is 0.943 bits per heavy atom. The lowest BCUT2D eigenvalue weighted by molar-refractivity contribution is 0.0724. The lowest BCUT2D eigenvalue weighted by Gasteiger charge is -2.25. The molecule has 0 aliphatic carbocycles. The highest BCUT2D eigenvalue weighted by Crippen LogP contribution is 2.31. The molecule has 4 rings (SSSR count). The second-order valence-electron chi connectivity index (χ2n) is 8.81. The number of amides is 1. The van der Waals surface area contributed by atoms with Gasteiger partial charge in [-0.2, -0.15) is 0 Å². The monoisotopic (exact) mass is 468 g/mol. The van der Waals surface area contributed by atoms with E-state index in [9.17, 15) is 4.79 Å². The summed E-state index contributed by atoms with van der Waals surface area (Å²) in [7, 11) is 3.34. The predicted octanol–water partition coefficient (Wildman–Crippen LogP) is 6.21. The number of aromatic nitrogens is 1. The molecule has 0 saturated heterocycles. The van der Waals surface area contributed by atoms with Crippen molar-refractivity contribution >= 4 is 16.8 Å². The van der Waals surface area contributed by atoms with Crippen LogP contribution in [0.1, 0.15) is 33.5 Å². The first-order valence-corrected chi connectivity index (χ1v) is 11.9. The summed E-state index contributed by atoms with van der Waals surface area (Å²) in [5, 5.41) is 1.01. The molecule has 5 nitrogen and oxygen atoms in total. The number of ether oxygens (including phenoxy) is 2. The molecule has 0 bridgehead atoms. The second-order valence-corrected chi connectivity index (χ2v) is 8.81. The molecule has 3 aromatic carbocycles. The molecule has 0 aliphatic heterocycles. The zero-order chi connectivity index (χ0) is 24.8. The van der Waals surface area contributed by atoms with Crippen molar-refractivity contribution in [2.24, 2.45) is 0 Å². The maximum absolute atomic E-state index is 13.6. The van der Waals surface area contributed by atoms with Crippen LogP contribution in [0.5, 0.6) is 5.75 Å². The first-order chi connectivity index (χ1) is 17.0. The van der Waals surface area contributed by atoms with Gasteiger partial charge in [0.05, 0.1) is 18.3 Å². The van der Waals surface area contributed by atoms with Crippen molar-refractivity contribution in [1.29, 1.82) is 0 Å². The molecule has 1 heterocycles. The van der Waals surface area contributed by atoms with Crippen LogP contribution in [0.25, 0.3) is 22.2 Å². The molecule has 0 saturated carbocycles. The van der Waals surface area contributed by atoms with Crippen LogP contribution in [0, 0.1) is 13.8 Å². The molecule has 1 amide bonds. The van der Waals surface area contributed by atoms with E-state index in [0.717, 1.165) is 51.0 Å². The van der Waals surface area contributed by atoms with Crippen LogP contribution in [0.4, 0.5) is 0 Å². The SMILES string of the molecule is COCCCN(Cc1cc2ccc(OC)cc2nc1-c1ccccc1C)C(=O)c1ccc(C)cc1. The van der Waals surface area contributed by atoms with E-state index < -0.39 is 0 Å². The number of hydrogen-bond donors (Lipinski definition) is 0. The van der Waals surface area contributed by atoms with Crippen molar-refractivity contribution in [3.8, 4) is 17.0 Å². The van der Waals surface area contributed by atoms with Crippen molar-refractivity contribution in [2.45, 2.75) is 26.8 Å². The van der Waals surface area contributed by atoms with Gasteiger partial charge in [-0.25, -0.2) is 4.98 Å². The standard InChI is InChI=1S/C30H32N2O3/c1-21-10-12-23(13-11-21)30(33)32(16-7-17-34-3)20-25-18-24-14-15-26(35-4)19-28(24)31-29(25)27-9-6-5-8-22(27)2/h5-6,8-15,18-19H,7,16-17,20H2,1-4H3. The van der Waals surface area contributed by atoms with Crippen molar-refractivity contribution in [2.75, 3.05) is 27.4 Å². The van der Waals surface area contributed by atoms with Gasteiger partial charge >= 0.3 is 0 Å². The highest BCUT2D eigenvalue weighted by Gasteiger charge is 2.20. The van der Waals surface area contributed by atoms with Crippen LogP contribution < -0.4 is 4.74 Å². The fourth-order valence-electron chi connectivity index (χ4n) is 4.25. The first kappa shape index (κ1) is 24.4. The van der Waals surface area contributed by atoms with Crippen molar-refractivity contribution < 1.29 is 14.3 Å². The molecule has 0 N–H and O–H groups in total. The van der Waals surface area contributed by atoms with E-state index in [1.165, 1.54) is 0 Å². The smallest absolute Gasteiger partial charge is 0.254 e. The third-order valence-corrected chi connectivity index (χ3v) is 6.23. The summed E-state index contributed by atoms with van der Waals surface area (Å²) in [4.78, 5) is 20.5. The Kier molecular flexibility index (Phi) is 7.78. The van der Waals surface area contributed by atoms with E-state index in [-0.39, 0.29) is 5.91 Å². The van der Waals surface area contributed by atoms with Gasteiger partial charge in [0.15, 0.2) is 0 Å². The fraction of sp³-hybridized carbons (Fsp3) is 0.267. The number of nitrogens with zero attached hydrogens (tertiary/aromatic N) is 2. The minimum Gasteiger partial charge on any atom is -0.497 e. The minimum atomic E-state index is 0.00617. The van der Waals surface area contributed by atoms with Crippen LogP contribution in [0.15, 0.2) is 72.8 Å². The molecule has 4 aromatic rings. The molecule has 0 spiro atoms. The maximum Gasteiger partial charge on any atom is 0.254 e. The van der Waals surface area contributed by atoms with Crippen molar-refractivity contribution in [3.05, 3.63) is 95.1 Å². The zero-order valence-corrected chi connectivity index (χ0v) is 20.9. The molecule has 180 valence electrons. The van der Waals surface area contributed by atoms with Gasteiger partial charge in [0.2, 0.25) is 0 Å². The Morgan fingerprint density at radius 3 is 2.43 bits per heavy atom. The summed E-state index contributed by atoms with van der Waals surface area (Å²) < 4.78 is 10.7. The number of rotatable bonds is 9. The van der Waals surface area contributed by atoms with Gasteiger partial charge in [-0.05, 0) is 61.7 Å². The van der Waals surface area contributed by atoms with Gasteiger partial charge in [0.25, 0.3) is 5.91 Å². The molecular weight excluding hydrogens is 436 g/mol.